The second-order valence-electron chi connectivity index (χ2n) is 7.04. The van der Waals surface area contributed by atoms with Gasteiger partial charge < -0.3 is 10.1 Å². The largest absolute Gasteiger partial charge is 0.495 e. The molecule has 0 aliphatic heterocycles. The number of carbonyl (C=O) groups is 1. The second-order valence-corrected chi connectivity index (χ2v) is 9.14. The fourth-order valence-electron chi connectivity index (χ4n) is 2.07. The van der Waals surface area contributed by atoms with Gasteiger partial charge in [0.25, 0.3) is 5.91 Å². The van der Waals surface area contributed by atoms with Crippen molar-refractivity contribution in [2.24, 2.45) is 0 Å². The van der Waals surface area contributed by atoms with Gasteiger partial charge in [-0.1, -0.05) is 0 Å². The zero-order valence-corrected chi connectivity index (χ0v) is 16.8. The number of ether oxygens (including phenoxy) is 1. The van der Waals surface area contributed by atoms with E-state index in [1.807, 2.05) is 20.8 Å². The summed E-state index contributed by atoms with van der Waals surface area (Å²) in [7, 11) is -2.39. The molecule has 2 rings (SSSR count). The minimum Gasteiger partial charge on any atom is -0.495 e. The molecule has 0 aromatic heterocycles. The van der Waals surface area contributed by atoms with Crippen molar-refractivity contribution >= 4 is 33.3 Å². The Hall–Kier alpha value is -1.91. The van der Waals surface area contributed by atoms with E-state index in [1.165, 1.54) is 25.3 Å². The first-order chi connectivity index (χ1) is 12.0. The number of nitrogens with one attached hydrogen (secondary N) is 4. The predicted molar refractivity (Wildman–Crippen MR) is 102 cm³/mol. The zero-order valence-electron chi connectivity index (χ0n) is 15.2. The molecule has 0 bridgehead atoms. The van der Waals surface area contributed by atoms with Crippen molar-refractivity contribution in [3.05, 3.63) is 23.8 Å². The molecule has 0 atom stereocenters. The molecule has 8 nitrogen and oxygen atoms in total. The van der Waals surface area contributed by atoms with E-state index in [2.05, 4.69) is 20.9 Å². The quantitative estimate of drug-likeness (QED) is 0.432. The van der Waals surface area contributed by atoms with Crippen molar-refractivity contribution in [1.29, 1.82) is 0 Å². The Kier molecular flexibility index (Phi) is 6.09. The second kappa shape index (κ2) is 7.77. The maximum atomic E-state index is 12.5. The van der Waals surface area contributed by atoms with Crippen molar-refractivity contribution in [3.63, 3.8) is 0 Å². The van der Waals surface area contributed by atoms with Gasteiger partial charge in [-0.25, -0.2) is 13.1 Å². The number of amides is 1. The summed E-state index contributed by atoms with van der Waals surface area (Å²) in [5.74, 6) is -0.346. The summed E-state index contributed by atoms with van der Waals surface area (Å²) in [6.07, 6.45) is 1.62. The molecule has 1 aliphatic carbocycles. The number of hydrogen-bond acceptors (Lipinski definition) is 5. The summed E-state index contributed by atoms with van der Waals surface area (Å²) >= 11 is 5.09. The van der Waals surface area contributed by atoms with Crippen LogP contribution in [0, 0.1) is 0 Å². The van der Waals surface area contributed by atoms with Crippen molar-refractivity contribution in [3.8, 4) is 5.75 Å². The van der Waals surface area contributed by atoms with Gasteiger partial charge in [0.1, 0.15) is 10.6 Å². The first kappa shape index (κ1) is 20.4. The average Bonchev–Trinajstić information content (AvgIpc) is 3.33. The van der Waals surface area contributed by atoms with Crippen LogP contribution >= 0.6 is 12.2 Å². The Labute approximate surface area is 159 Å². The van der Waals surface area contributed by atoms with Gasteiger partial charge in [0.2, 0.25) is 10.0 Å². The molecule has 1 amide bonds. The number of hydrazine groups is 1. The fourth-order valence-corrected chi connectivity index (χ4v) is 3.93. The Bertz CT molecular complexity index is 799. The standard InChI is InChI=1S/C16H24N4O4S2/c1-16(2,3)17-15(25)19-18-14(21)10-5-8-12(24-4)13(9-10)26(22,23)20-11-6-7-11/h5,8-9,11,20H,6-7H2,1-4H3,(H,18,21)(H2,17,19,25). The lowest BCUT2D eigenvalue weighted by Crippen LogP contribution is -2.52. The summed E-state index contributed by atoms with van der Waals surface area (Å²) in [6.45, 7) is 5.78. The lowest BCUT2D eigenvalue weighted by atomic mass is 10.1. The van der Waals surface area contributed by atoms with Gasteiger partial charge in [-0.3, -0.25) is 15.6 Å². The first-order valence-electron chi connectivity index (χ1n) is 8.11. The maximum absolute atomic E-state index is 12.5. The van der Waals surface area contributed by atoms with Gasteiger partial charge in [-0.2, -0.15) is 0 Å². The molecule has 10 heteroatoms. The maximum Gasteiger partial charge on any atom is 0.269 e. The Morgan fingerprint density at radius 2 is 1.88 bits per heavy atom. The summed E-state index contributed by atoms with van der Waals surface area (Å²) in [4.78, 5) is 12.2. The smallest absolute Gasteiger partial charge is 0.269 e. The predicted octanol–water partition coefficient (Wildman–Crippen LogP) is 1.04. The third-order valence-corrected chi connectivity index (χ3v) is 5.14. The van der Waals surface area contributed by atoms with Crippen LogP contribution in [0.15, 0.2) is 23.1 Å². The molecule has 144 valence electrons. The van der Waals surface area contributed by atoms with Crippen LogP contribution in [-0.4, -0.2) is 38.1 Å². The van der Waals surface area contributed by atoms with Crippen LogP contribution in [0.1, 0.15) is 44.0 Å². The van der Waals surface area contributed by atoms with E-state index in [4.69, 9.17) is 17.0 Å². The molecule has 1 fully saturated rings. The monoisotopic (exact) mass is 400 g/mol. The van der Waals surface area contributed by atoms with E-state index in [1.54, 1.807) is 0 Å². The van der Waals surface area contributed by atoms with Crippen LogP contribution in [0.4, 0.5) is 0 Å². The number of rotatable bonds is 5. The molecular formula is C16H24N4O4S2. The van der Waals surface area contributed by atoms with E-state index in [0.29, 0.717) is 0 Å². The molecule has 26 heavy (non-hydrogen) atoms. The third kappa shape index (κ3) is 5.82. The molecule has 1 saturated carbocycles. The van der Waals surface area contributed by atoms with Crippen molar-refractivity contribution in [2.75, 3.05) is 7.11 Å². The molecule has 1 aromatic carbocycles. The topological polar surface area (TPSA) is 109 Å². The number of thiocarbonyl (C=S) groups is 1. The molecule has 0 spiro atoms. The summed E-state index contributed by atoms with van der Waals surface area (Å²) in [6, 6.07) is 4.15. The van der Waals surface area contributed by atoms with Crippen LogP contribution in [0.5, 0.6) is 5.75 Å². The summed E-state index contributed by atoms with van der Waals surface area (Å²) in [5, 5.41) is 3.24. The molecule has 0 radical (unpaired) electrons. The van der Waals surface area contributed by atoms with E-state index in [-0.39, 0.29) is 32.9 Å². The normalized spacial score (nSPS) is 14.5. The van der Waals surface area contributed by atoms with Crippen LogP contribution < -0.4 is 25.6 Å². The Balaban J connectivity index is 2.13. The van der Waals surface area contributed by atoms with Gasteiger partial charge in [-0.05, 0) is 64.0 Å². The Morgan fingerprint density at radius 3 is 2.42 bits per heavy atom. The lowest BCUT2D eigenvalue weighted by Gasteiger charge is -2.23. The molecule has 0 heterocycles. The number of carbonyl (C=O) groups excluding carboxylic acids is 1. The molecule has 0 saturated heterocycles. The molecule has 1 aliphatic rings. The van der Waals surface area contributed by atoms with Gasteiger partial charge in [0.15, 0.2) is 5.11 Å². The lowest BCUT2D eigenvalue weighted by molar-refractivity contribution is 0.0943. The number of benzene rings is 1. The third-order valence-electron chi connectivity index (χ3n) is 3.39. The Morgan fingerprint density at radius 1 is 1.23 bits per heavy atom. The van der Waals surface area contributed by atoms with Crippen molar-refractivity contribution in [1.82, 2.24) is 20.9 Å². The van der Waals surface area contributed by atoms with Crippen molar-refractivity contribution in [2.45, 2.75) is 50.1 Å². The van der Waals surface area contributed by atoms with E-state index >= 15 is 0 Å². The fraction of sp³-hybridized carbons (Fsp3) is 0.500. The molecular weight excluding hydrogens is 376 g/mol. The average molecular weight is 401 g/mol. The van der Waals surface area contributed by atoms with Crippen molar-refractivity contribution < 1.29 is 17.9 Å². The minimum atomic E-state index is -3.76. The summed E-state index contributed by atoms with van der Waals surface area (Å²) < 4.78 is 32.7. The van der Waals surface area contributed by atoms with Crippen LogP contribution in [0.3, 0.4) is 0 Å². The molecule has 0 unspecified atom stereocenters. The molecule has 1 aromatic rings. The highest BCUT2D eigenvalue weighted by molar-refractivity contribution is 7.89. The summed E-state index contributed by atoms with van der Waals surface area (Å²) in [5.41, 5.74) is 4.93. The zero-order chi connectivity index (χ0) is 19.5. The highest BCUT2D eigenvalue weighted by Crippen LogP contribution is 2.28. The van der Waals surface area contributed by atoms with Gasteiger partial charge in [-0.15, -0.1) is 0 Å². The number of hydrogen-bond donors (Lipinski definition) is 4. The van der Waals surface area contributed by atoms with Gasteiger partial charge in [0.05, 0.1) is 7.11 Å². The minimum absolute atomic E-state index is 0.0512. The SMILES string of the molecule is COc1ccc(C(=O)NNC(=S)NC(C)(C)C)cc1S(=O)(=O)NC1CC1. The van der Waals surface area contributed by atoms with E-state index in [9.17, 15) is 13.2 Å². The molecule has 4 N–H and O–H groups in total. The van der Waals surface area contributed by atoms with E-state index < -0.39 is 15.9 Å². The highest BCUT2D eigenvalue weighted by atomic mass is 32.2. The van der Waals surface area contributed by atoms with E-state index in [0.717, 1.165) is 12.8 Å². The van der Waals surface area contributed by atoms with Gasteiger partial charge in [0, 0.05) is 17.1 Å². The van der Waals surface area contributed by atoms with Crippen LogP contribution in [-0.2, 0) is 10.0 Å². The first-order valence-corrected chi connectivity index (χ1v) is 10.00. The van der Waals surface area contributed by atoms with Crippen LogP contribution in [0.25, 0.3) is 0 Å². The number of sulfonamides is 1. The number of methoxy groups -OCH3 is 1. The highest BCUT2D eigenvalue weighted by Gasteiger charge is 2.30. The van der Waals surface area contributed by atoms with Gasteiger partial charge >= 0.3 is 0 Å². The van der Waals surface area contributed by atoms with Crippen LogP contribution in [0.2, 0.25) is 0 Å².